The van der Waals surface area contributed by atoms with E-state index in [1.54, 1.807) is 11.1 Å². The molecule has 3 atom stereocenters. The van der Waals surface area contributed by atoms with Gasteiger partial charge in [0.2, 0.25) is 0 Å². The monoisotopic (exact) mass is 905 g/mol. The summed E-state index contributed by atoms with van der Waals surface area (Å²) in [4.78, 5) is 0. The van der Waals surface area contributed by atoms with Crippen molar-refractivity contribution in [1.29, 1.82) is 0 Å². The molecule has 8 rings (SSSR count). The third-order valence-electron chi connectivity index (χ3n) is 15.2. The van der Waals surface area contributed by atoms with Gasteiger partial charge >= 0.3 is 364 Å². The molecule has 4 aliphatic rings. The maximum atomic E-state index is 9.28. The Balaban J connectivity index is 1.33. The van der Waals surface area contributed by atoms with E-state index in [-0.39, 0.29) is 7.25 Å². The summed E-state index contributed by atoms with van der Waals surface area (Å²) in [6, 6.07) is 34.5. The Morgan fingerprint density at radius 2 is 0.948 bits per heavy atom. The number of benzene rings is 4. The predicted octanol–water partition coefficient (Wildman–Crippen LogP) is 17.2. The van der Waals surface area contributed by atoms with Crippen molar-refractivity contribution in [2.75, 3.05) is 0 Å². The van der Waals surface area contributed by atoms with E-state index in [1.807, 2.05) is 0 Å². The second kappa shape index (κ2) is 18.6. The molecule has 58 heavy (non-hydrogen) atoms. The fraction of sp³-hybridized carbons (Fsp3) is 0.481. The Labute approximate surface area is 361 Å². The molecule has 0 bridgehead atoms. The van der Waals surface area contributed by atoms with Crippen molar-refractivity contribution in [1.82, 2.24) is 0 Å². The SMILES string of the molecule is CCCc1ccc(-c2cccc3c2C=C(CC2CCCCC2)[CH]3[Zr]([Cl])([Cl])([CH]2C(CC3CCCCC3)=Cc3c(-c4ccc(CCC)cc4)cccc32)[SiH](C)CCC)cc1. The fourth-order valence-corrected chi connectivity index (χ4v) is 53.5. The zero-order valence-electron chi connectivity index (χ0n) is 36.1. The molecule has 3 unspecified atom stereocenters. The van der Waals surface area contributed by atoms with E-state index in [9.17, 15) is 17.0 Å². The second-order valence-corrected chi connectivity index (χ2v) is 60.5. The van der Waals surface area contributed by atoms with E-state index in [0.717, 1.165) is 43.9 Å². The van der Waals surface area contributed by atoms with Crippen LogP contribution in [0.5, 0.6) is 0 Å². The quantitative estimate of drug-likeness (QED) is 0.104. The number of halogens is 2. The van der Waals surface area contributed by atoms with Crippen molar-refractivity contribution >= 4 is 35.1 Å². The van der Waals surface area contributed by atoms with E-state index in [2.05, 4.69) is 124 Å². The van der Waals surface area contributed by atoms with Crippen LogP contribution in [0.3, 0.4) is 0 Å². The van der Waals surface area contributed by atoms with Crippen molar-refractivity contribution in [3.8, 4) is 22.3 Å². The molecule has 0 heterocycles. The summed E-state index contributed by atoms with van der Waals surface area (Å²) in [6.07, 6.45) is 26.9. The van der Waals surface area contributed by atoms with Crippen molar-refractivity contribution in [2.45, 2.75) is 150 Å². The molecular weight excluding hydrogens is 839 g/mol. The molecule has 0 N–H and O–H groups in total. The first kappa shape index (κ1) is 42.7. The minimum atomic E-state index is -5.05. The van der Waals surface area contributed by atoms with Crippen LogP contribution in [0.2, 0.25) is 12.6 Å². The van der Waals surface area contributed by atoms with Gasteiger partial charge in [0.15, 0.2) is 0 Å². The molecule has 0 amide bonds. The van der Waals surface area contributed by atoms with Gasteiger partial charge in [-0.2, -0.15) is 0 Å². The first-order valence-corrected chi connectivity index (χ1v) is 39.6. The minimum absolute atomic E-state index is 0.150. The van der Waals surface area contributed by atoms with E-state index >= 15 is 0 Å². The van der Waals surface area contributed by atoms with Crippen LogP contribution in [-0.4, -0.2) is 5.92 Å². The normalized spacial score (nSPS) is 21.2. The van der Waals surface area contributed by atoms with Crippen LogP contribution in [0, 0.1) is 11.8 Å². The summed E-state index contributed by atoms with van der Waals surface area (Å²) in [5.41, 5.74) is 17.1. The topological polar surface area (TPSA) is 0 Å². The molecule has 0 nitrogen and oxygen atoms in total. The third-order valence-corrected chi connectivity index (χ3v) is 65.6. The summed E-state index contributed by atoms with van der Waals surface area (Å²) in [5, 5.41) is 0. The molecule has 2 saturated carbocycles. The zero-order chi connectivity index (χ0) is 40.3. The van der Waals surface area contributed by atoms with Crippen LogP contribution in [-0.2, 0) is 28.4 Å². The van der Waals surface area contributed by atoms with Gasteiger partial charge in [-0.05, 0) is 0 Å². The average molecular weight is 908 g/mol. The van der Waals surface area contributed by atoms with Gasteiger partial charge in [-0.15, -0.1) is 0 Å². The Bertz CT molecular complexity index is 1950. The maximum absolute atomic E-state index is 9.28. The molecule has 0 aliphatic heterocycles. The van der Waals surface area contributed by atoms with Crippen LogP contribution < -0.4 is 0 Å². The van der Waals surface area contributed by atoms with Gasteiger partial charge in [-0.1, -0.05) is 0 Å². The zero-order valence-corrected chi connectivity index (χ0v) is 41.2. The molecule has 307 valence electrons. The number of allylic oxidation sites excluding steroid dienone is 2. The predicted molar refractivity (Wildman–Crippen MR) is 255 cm³/mol. The van der Waals surface area contributed by atoms with Crippen LogP contribution in [0.25, 0.3) is 34.4 Å². The summed E-state index contributed by atoms with van der Waals surface area (Å²) in [5.74, 6) is -0.267. The first-order valence-electron chi connectivity index (χ1n) is 23.7. The first-order chi connectivity index (χ1) is 28.2. The number of hydrogen-bond acceptors (Lipinski definition) is 0. The van der Waals surface area contributed by atoms with Crippen molar-refractivity contribution < 1.29 is 15.6 Å². The molecule has 4 heteroatoms. The summed E-state index contributed by atoms with van der Waals surface area (Å²) in [7, 11) is 18.6. The van der Waals surface area contributed by atoms with Crippen molar-refractivity contribution in [3.05, 3.63) is 129 Å². The number of fused-ring (bicyclic) bond motifs is 2. The van der Waals surface area contributed by atoms with E-state index < -0.39 is 21.5 Å². The Morgan fingerprint density at radius 3 is 1.33 bits per heavy atom. The van der Waals surface area contributed by atoms with Gasteiger partial charge in [0.25, 0.3) is 0 Å². The molecule has 4 aliphatic carbocycles. The van der Waals surface area contributed by atoms with Crippen LogP contribution in [0.1, 0.15) is 158 Å². The molecule has 2 fully saturated rings. The summed E-state index contributed by atoms with van der Waals surface area (Å²) >= 11 is -5.05. The van der Waals surface area contributed by atoms with Gasteiger partial charge in [-0.3, -0.25) is 0 Å². The van der Waals surface area contributed by atoms with E-state index in [0.29, 0.717) is 0 Å². The van der Waals surface area contributed by atoms with Crippen LogP contribution in [0.15, 0.2) is 96.1 Å². The van der Waals surface area contributed by atoms with Gasteiger partial charge in [-0.25, -0.2) is 0 Å². The summed E-state index contributed by atoms with van der Waals surface area (Å²) < 4.78 is 0.300. The molecule has 0 aromatic heterocycles. The third kappa shape index (κ3) is 8.34. The van der Waals surface area contributed by atoms with Crippen molar-refractivity contribution in [2.24, 2.45) is 11.8 Å². The molecule has 0 spiro atoms. The molecular formula is C54H69Cl2SiZr. The fourth-order valence-electron chi connectivity index (χ4n) is 12.3. The standard InChI is InChI=1S/2C25H29.C4H11Si.2ClH.Zr/c2*1-2-7-19-12-14-22(15-13-19)24-11-6-10-23-17-21(18-25(23)24)16-20-8-4-3-5-9-20;1-3-4-5-2;;;/h2*6,10-15,17-18,20H,2-5,7-9,16H2,1H3;5H,3-4H2,1-2H3;2*1H;/q;;;;;+2/p-2. The number of aryl methyl sites for hydroxylation is 2. The Kier molecular flexibility index (Phi) is 13.7. The van der Waals surface area contributed by atoms with Crippen LogP contribution in [0.4, 0.5) is 0 Å². The number of hydrogen-bond donors (Lipinski definition) is 0. The van der Waals surface area contributed by atoms with E-state index in [4.69, 9.17) is 0 Å². The molecule has 0 saturated heterocycles. The van der Waals surface area contributed by atoms with Gasteiger partial charge in [0, 0.05) is 0 Å². The molecule has 4 aromatic carbocycles. The molecule has 4 aromatic rings. The number of rotatable bonds is 15. The van der Waals surface area contributed by atoms with Gasteiger partial charge in [0.05, 0.1) is 0 Å². The summed E-state index contributed by atoms with van der Waals surface area (Å²) in [6.45, 7) is 9.57. The molecule has 0 radical (unpaired) electrons. The van der Waals surface area contributed by atoms with Gasteiger partial charge < -0.3 is 0 Å². The second-order valence-electron chi connectivity index (χ2n) is 19.1. The Hall–Kier alpha value is -1.96. The van der Waals surface area contributed by atoms with Crippen molar-refractivity contribution in [3.63, 3.8) is 0 Å². The average Bonchev–Trinajstić information content (AvgIpc) is 3.82. The van der Waals surface area contributed by atoms with Crippen LogP contribution >= 0.6 is 17.0 Å². The van der Waals surface area contributed by atoms with Gasteiger partial charge in [0.1, 0.15) is 0 Å². The van der Waals surface area contributed by atoms with E-state index in [1.165, 1.54) is 139 Å². The Morgan fingerprint density at radius 1 is 0.534 bits per heavy atom.